The van der Waals surface area contributed by atoms with E-state index >= 15 is 0 Å². The van der Waals surface area contributed by atoms with Crippen LogP contribution in [0.1, 0.15) is 40.6 Å². The average Bonchev–Trinajstić information content (AvgIpc) is 3.24. The molecule has 0 amide bonds. The van der Waals surface area contributed by atoms with Crippen molar-refractivity contribution in [3.8, 4) is 0 Å². The van der Waals surface area contributed by atoms with E-state index in [1.54, 1.807) is 0 Å². The first kappa shape index (κ1) is 14.7. The van der Waals surface area contributed by atoms with Crippen molar-refractivity contribution < 1.29 is 0 Å². The molecule has 0 saturated carbocycles. The summed E-state index contributed by atoms with van der Waals surface area (Å²) in [5, 5.41) is 10.5. The molecule has 0 bridgehead atoms. The summed E-state index contributed by atoms with van der Waals surface area (Å²) in [7, 11) is 0. The molecule has 118 valence electrons. The largest absolute Gasteiger partial charge is 0.305 e. The SMILES string of the molecule is c1ccc(Cn2ncc3c2CCC[C@@H]3NCc2cccs2)cc1. The summed E-state index contributed by atoms with van der Waals surface area (Å²) in [6, 6.07) is 15.3. The number of rotatable bonds is 5. The zero-order valence-corrected chi connectivity index (χ0v) is 13.9. The lowest BCUT2D eigenvalue weighted by atomic mass is 9.93. The lowest BCUT2D eigenvalue weighted by molar-refractivity contribution is 0.451. The Balaban J connectivity index is 1.50. The van der Waals surface area contributed by atoms with Crippen LogP contribution >= 0.6 is 11.3 Å². The molecule has 3 aromatic rings. The van der Waals surface area contributed by atoms with Crippen molar-refractivity contribution in [3.63, 3.8) is 0 Å². The van der Waals surface area contributed by atoms with Crippen LogP contribution in [0, 0.1) is 0 Å². The summed E-state index contributed by atoms with van der Waals surface area (Å²) in [5.41, 5.74) is 4.11. The lowest BCUT2D eigenvalue weighted by Gasteiger charge is -2.24. The predicted octanol–water partition coefficient (Wildman–Crippen LogP) is 4.16. The molecule has 1 aliphatic rings. The third-order valence-electron chi connectivity index (χ3n) is 4.54. The molecule has 4 rings (SSSR count). The maximum Gasteiger partial charge on any atom is 0.0662 e. The number of hydrogen-bond donors (Lipinski definition) is 1. The molecule has 0 aliphatic heterocycles. The monoisotopic (exact) mass is 323 g/mol. The number of fused-ring (bicyclic) bond motifs is 1. The van der Waals surface area contributed by atoms with E-state index in [1.165, 1.54) is 34.5 Å². The molecule has 4 heteroatoms. The Morgan fingerprint density at radius 2 is 2.09 bits per heavy atom. The molecule has 0 spiro atoms. The van der Waals surface area contributed by atoms with Crippen LogP contribution in [-0.2, 0) is 19.5 Å². The molecular weight excluding hydrogens is 302 g/mol. The van der Waals surface area contributed by atoms with Crippen LogP contribution in [0.3, 0.4) is 0 Å². The fraction of sp³-hybridized carbons (Fsp3) is 0.316. The van der Waals surface area contributed by atoms with Gasteiger partial charge in [-0.1, -0.05) is 36.4 Å². The van der Waals surface area contributed by atoms with Gasteiger partial charge in [-0.15, -0.1) is 11.3 Å². The zero-order chi connectivity index (χ0) is 15.5. The van der Waals surface area contributed by atoms with Gasteiger partial charge in [0.15, 0.2) is 0 Å². The summed E-state index contributed by atoms with van der Waals surface area (Å²) < 4.78 is 2.18. The van der Waals surface area contributed by atoms with E-state index in [2.05, 4.69) is 69.1 Å². The van der Waals surface area contributed by atoms with Crippen LogP contribution in [0.15, 0.2) is 54.0 Å². The van der Waals surface area contributed by atoms with Gasteiger partial charge in [0.1, 0.15) is 0 Å². The number of nitrogens with one attached hydrogen (secondary N) is 1. The molecule has 0 unspecified atom stereocenters. The third-order valence-corrected chi connectivity index (χ3v) is 5.42. The molecule has 23 heavy (non-hydrogen) atoms. The van der Waals surface area contributed by atoms with Crippen molar-refractivity contribution in [2.75, 3.05) is 0 Å². The summed E-state index contributed by atoms with van der Waals surface area (Å²) >= 11 is 1.82. The average molecular weight is 323 g/mol. The number of benzene rings is 1. The van der Waals surface area contributed by atoms with E-state index in [4.69, 9.17) is 0 Å². The Morgan fingerprint density at radius 1 is 1.17 bits per heavy atom. The van der Waals surface area contributed by atoms with Gasteiger partial charge in [0, 0.05) is 28.7 Å². The van der Waals surface area contributed by atoms with Gasteiger partial charge in [0.2, 0.25) is 0 Å². The molecule has 1 aliphatic carbocycles. The first-order valence-electron chi connectivity index (χ1n) is 8.24. The van der Waals surface area contributed by atoms with E-state index in [0.717, 1.165) is 19.5 Å². The summed E-state index contributed by atoms with van der Waals surface area (Å²) in [5.74, 6) is 0. The van der Waals surface area contributed by atoms with Gasteiger partial charge < -0.3 is 5.32 Å². The highest BCUT2D eigenvalue weighted by Gasteiger charge is 2.23. The van der Waals surface area contributed by atoms with E-state index in [1.807, 2.05) is 11.3 Å². The molecule has 2 heterocycles. The normalized spacial score (nSPS) is 17.1. The van der Waals surface area contributed by atoms with Gasteiger partial charge in [-0.3, -0.25) is 4.68 Å². The highest BCUT2D eigenvalue weighted by atomic mass is 32.1. The van der Waals surface area contributed by atoms with Crippen LogP contribution in [0.4, 0.5) is 0 Å². The van der Waals surface area contributed by atoms with Gasteiger partial charge >= 0.3 is 0 Å². The topological polar surface area (TPSA) is 29.9 Å². The van der Waals surface area contributed by atoms with Crippen LogP contribution in [0.5, 0.6) is 0 Å². The molecule has 0 fully saturated rings. The fourth-order valence-electron chi connectivity index (χ4n) is 3.36. The summed E-state index contributed by atoms with van der Waals surface area (Å²) in [6.45, 7) is 1.82. The predicted molar refractivity (Wildman–Crippen MR) is 94.6 cm³/mol. The van der Waals surface area contributed by atoms with Crippen LogP contribution < -0.4 is 5.32 Å². The minimum atomic E-state index is 0.436. The summed E-state index contributed by atoms with van der Waals surface area (Å²) in [6.07, 6.45) is 5.65. The number of hydrogen-bond acceptors (Lipinski definition) is 3. The Bertz CT molecular complexity index is 746. The van der Waals surface area contributed by atoms with Crippen molar-refractivity contribution in [2.45, 2.75) is 38.4 Å². The Hall–Kier alpha value is -1.91. The fourth-order valence-corrected chi connectivity index (χ4v) is 4.02. The van der Waals surface area contributed by atoms with Crippen LogP contribution in [-0.4, -0.2) is 9.78 Å². The molecule has 1 N–H and O–H groups in total. The quantitative estimate of drug-likeness (QED) is 0.764. The van der Waals surface area contributed by atoms with Gasteiger partial charge in [-0.2, -0.15) is 5.10 Å². The Labute approximate surface area is 141 Å². The highest BCUT2D eigenvalue weighted by molar-refractivity contribution is 7.09. The molecule has 1 atom stereocenters. The Kier molecular flexibility index (Phi) is 4.26. The molecular formula is C19H21N3S. The van der Waals surface area contributed by atoms with Gasteiger partial charge in [-0.25, -0.2) is 0 Å². The molecule has 3 nitrogen and oxygen atoms in total. The van der Waals surface area contributed by atoms with Gasteiger partial charge in [-0.05, 0) is 36.3 Å². The maximum absolute atomic E-state index is 4.67. The van der Waals surface area contributed by atoms with Crippen LogP contribution in [0.25, 0.3) is 0 Å². The Morgan fingerprint density at radius 3 is 2.91 bits per heavy atom. The van der Waals surface area contributed by atoms with Crippen molar-refractivity contribution in [2.24, 2.45) is 0 Å². The van der Waals surface area contributed by atoms with E-state index in [-0.39, 0.29) is 0 Å². The van der Waals surface area contributed by atoms with Crippen molar-refractivity contribution >= 4 is 11.3 Å². The van der Waals surface area contributed by atoms with E-state index < -0.39 is 0 Å². The van der Waals surface area contributed by atoms with Gasteiger partial charge in [0.25, 0.3) is 0 Å². The highest BCUT2D eigenvalue weighted by Crippen LogP contribution is 2.30. The standard InChI is InChI=1S/C19H21N3S/c1-2-6-15(7-3-1)14-22-19-10-4-9-18(17(19)13-21-22)20-12-16-8-5-11-23-16/h1-3,5-8,11,13,18,20H,4,9-10,12,14H2/t18-/m0/s1. The van der Waals surface area contributed by atoms with Crippen molar-refractivity contribution in [1.82, 2.24) is 15.1 Å². The molecule has 1 aromatic carbocycles. The lowest BCUT2D eigenvalue weighted by Crippen LogP contribution is -2.25. The molecule has 0 saturated heterocycles. The maximum atomic E-state index is 4.67. The zero-order valence-electron chi connectivity index (χ0n) is 13.1. The van der Waals surface area contributed by atoms with E-state index in [0.29, 0.717) is 6.04 Å². The van der Waals surface area contributed by atoms with Crippen LogP contribution in [0.2, 0.25) is 0 Å². The molecule has 0 radical (unpaired) electrons. The minimum Gasteiger partial charge on any atom is -0.305 e. The molecule has 2 aromatic heterocycles. The second-order valence-electron chi connectivity index (χ2n) is 6.09. The van der Waals surface area contributed by atoms with Gasteiger partial charge in [0.05, 0.1) is 12.7 Å². The number of nitrogens with zero attached hydrogens (tertiary/aromatic N) is 2. The first-order chi connectivity index (χ1) is 11.4. The third kappa shape index (κ3) is 3.23. The summed E-state index contributed by atoms with van der Waals surface area (Å²) in [4.78, 5) is 1.40. The number of aromatic nitrogens is 2. The van der Waals surface area contributed by atoms with E-state index in [9.17, 15) is 0 Å². The minimum absolute atomic E-state index is 0.436. The van der Waals surface area contributed by atoms with Crippen molar-refractivity contribution in [1.29, 1.82) is 0 Å². The number of thiophene rings is 1. The smallest absolute Gasteiger partial charge is 0.0662 e. The second-order valence-corrected chi connectivity index (χ2v) is 7.13. The van der Waals surface area contributed by atoms with Crippen molar-refractivity contribution in [3.05, 3.63) is 75.7 Å². The second kappa shape index (κ2) is 6.69. The first-order valence-corrected chi connectivity index (χ1v) is 9.12.